The standard InChI is InChI=1S/C16H19ClN2O2/c1-4-19-16(12-7-8-18-10-14(12)17)13-6-5-11(20-2)9-15(13)21-3/h5-10,16,19H,4H2,1-3H3. The minimum absolute atomic E-state index is 0.0636. The highest BCUT2D eigenvalue weighted by molar-refractivity contribution is 6.31. The Bertz CT molecular complexity index is 605. The first-order valence-corrected chi connectivity index (χ1v) is 7.13. The molecule has 1 N–H and O–H groups in total. The van der Waals surface area contributed by atoms with Crippen molar-refractivity contribution in [2.24, 2.45) is 0 Å². The van der Waals surface area contributed by atoms with Crippen molar-refractivity contribution in [3.05, 3.63) is 52.8 Å². The molecule has 0 aliphatic carbocycles. The third-order valence-corrected chi connectivity index (χ3v) is 3.59. The SMILES string of the molecule is CCNC(c1ccncc1Cl)c1ccc(OC)cc1OC. The summed E-state index contributed by atoms with van der Waals surface area (Å²) in [5.74, 6) is 1.51. The van der Waals surface area contributed by atoms with Gasteiger partial charge < -0.3 is 14.8 Å². The Morgan fingerprint density at radius 1 is 1.19 bits per heavy atom. The van der Waals surface area contributed by atoms with E-state index in [1.54, 1.807) is 26.6 Å². The van der Waals surface area contributed by atoms with Crippen LogP contribution in [0.25, 0.3) is 0 Å². The zero-order chi connectivity index (χ0) is 15.2. The van der Waals surface area contributed by atoms with Crippen molar-refractivity contribution in [2.75, 3.05) is 20.8 Å². The zero-order valence-electron chi connectivity index (χ0n) is 12.4. The van der Waals surface area contributed by atoms with E-state index in [1.165, 1.54) is 0 Å². The van der Waals surface area contributed by atoms with Crippen LogP contribution in [0, 0.1) is 0 Å². The highest BCUT2D eigenvalue weighted by atomic mass is 35.5. The number of halogens is 1. The lowest BCUT2D eigenvalue weighted by molar-refractivity contribution is 0.387. The second-order valence-electron chi connectivity index (χ2n) is 4.50. The van der Waals surface area contributed by atoms with E-state index in [9.17, 15) is 0 Å². The highest BCUT2D eigenvalue weighted by Gasteiger charge is 2.20. The predicted molar refractivity (Wildman–Crippen MR) is 84.3 cm³/mol. The number of hydrogen-bond donors (Lipinski definition) is 1. The molecule has 1 atom stereocenters. The topological polar surface area (TPSA) is 43.4 Å². The van der Waals surface area contributed by atoms with Gasteiger partial charge in [-0.15, -0.1) is 0 Å². The Morgan fingerprint density at radius 2 is 2.00 bits per heavy atom. The molecular formula is C16H19ClN2O2. The quantitative estimate of drug-likeness (QED) is 0.887. The van der Waals surface area contributed by atoms with E-state index in [0.717, 1.165) is 29.2 Å². The smallest absolute Gasteiger partial charge is 0.127 e. The van der Waals surface area contributed by atoms with Gasteiger partial charge in [0.15, 0.2) is 0 Å². The molecule has 1 unspecified atom stereocenters. The monoisotopic (exact) mass is 306 g/mol. The van der Waals surface area contributed by atoms with E-state index < -0.39 is 0 Å². The summed E-state index contributed by atoms with van der Waals surface area (Å²) in [6, 6.07) is 7.62. The number of hydrogen-bond acceptors (Lipinski definition) is 4. The summed E-state index contributed by atoms with van der Waals surface area (Å²) in [5, 5.41) is 4.06. The molecule has 112 valence electrons. The molecule has 0 radical (unpaired) electrons. The molecule has 2 aromatic rings. The fourth-order valence-electron chi connectivity index (χ4n) is 2.27. The lowest BCUT2D eigenvalue weighted by Crippen LogP contribution is -2.23. The van der Waals surface area contributed by atoms with Crippen LogP contribution in [0.2, 0.25) is 5.02 Å². The van der Waals surface area contributed by atoms with Gasteiger partial charge in [-0.3, -0.25) is 4.98 Å². The molecule has 1 aromatic carbocycles. The summed E-state index contributed by atoms with van der Waals surface area (Å²) in [6.45, 7) is 2.86. The minimum Gasteiger partial charge on any atom is -0.497 e. The van der Waals surface area contributed by atoms with Crippen molar-refractivity contribution < 1.29 is 9.47 Å². The van der Waals surface area contributed by atoms with Crippen LogP contribution in [-0.4, -0.2) is 25.7 Å². The first-order chi connectivity index (χ1) is 10.2. The summed E-state index contributed by atoms with van der Waals surface area (Å²) >= 11 is 6.29. The second kappa shape index (κ2) is 7.29. The first kappa shape index (κ1) is 15.6. The van der Waals surface area contributed by atoms with Gasteiger partial charge in [-0.05, 0) is 30.3 Å². The van der Waals surface area contributed by atoms with E-state index in [2.05, 4.69) is 17.2 Å². The molecule has 0 amide bonds. The second-order valence-corrected chi connectivity index (χ2v) is 4.90. The largest absolute Gasteiger partial charge is 0.497 e. The molecule has 5 heteroatoms. The van der Waals surface area contributed by atoms with Crippen LogP contribution < -0.4 is 14.8 Å². The Hall–Kier alpha value is -1.78. The maximum atomic E-state index is 6.29. The summed E-state index contributed by atoms with van der Waals surface area (Å²) in [5.41, 5.74) is 1.98. The van der Waals surface area contributed by atoms with Crippen LogP contribution in [0.3, 0.4) is 0 Å². The van der Waals surface area contributed by atoms with E-state index in [1.807, 2.05) is 24.3 Å². The summed E-state index contributed by atoms with van der Waals surface area (Å²) in [7, 11) is 3.28. The Kier molecular flexibility index (Phi) is 5.42. The molecule has 0 aliphatic rings. The van der Waals surface area contributed by atoms with Gasteiger partial charge in [-0.2, -0.15) is 0 Å². The number of pyridine rings is 1. The van der Waals surface area contributed by atoms with Crippen molar-refractivity contribution in [2.45, 2.75) is 13.0 Å². The van der Waals surface area contributed by atoms with Crippen LogP contribution in [0.1, 0.15) is 24.1 Å². The molecule has 0 spiro atoms. The Balaban J connectivity index is 2.50. The number of benzene rings is 1. The average molecular weight is 307 g/mol. The molecule has 1 aromatic heterocycles. The predicted octanol–water partition coefficient (Wildman–Crippen LogP) is 3.45. The van der Waals surface area contributed by atoms with Gasteiger partial charge in [0.1, 0.15) is 11.5 Å². The molecule has 0 bridgehead atoms. The van der Waals surface area contributed by atoms with Gasteiger partial charge in [0.25, 0.3) is 0 Å². The fourth-order valence-corrected chi connectivity index (χ4v) is 2.50. The molecule has 0 aliphatic heterocycles. The summed E-state index contributed by atoms with van der Waals surface area (Å²) in [4.78, 5) is 4.04. The van der Waals surface area contributed by atoms with Gasteiger partial charge >= 0.3 is 0 Å². The van der Waals surface area contributed by atoms with Gasteiger partial charge in [0.2, 0.25) is 0 Å². The van der Waals surface area contributed by atoms with Gasteiger partial charge in [-0.25, -0.2) is 0 Å². The third kappa shape index (κ3) is 3.46. The van der Waals surface area contributed by atoms with Gasteiger partial charge in [-0.1, -0.05) is 18.5 Å². The molecule has 0 saturated heterocycles. The third-order valence-electron chi connectivity index (χ3n) is 3.27. The number of nitrogens with one attached hydrogen (secondary N) is 1. The molecule has 4 nitrogen and oxygen atoms in total. The number of aromatic nitrogens is 1. The van der Waals surface area contributed by atoms with E-state index in [-0.39, 0.29) is 6.04 Å². The molecular weight excluding hydrogens is 288 g/mol. The summed E-state index contributed by atoms with van der Waals surface area (Å²) < 4.78 is 10.7. The summed E-state index contributed by atoms with van der Waals surface area (Å²) in [6.07, 6.45) is 3.39. The average Bonchev–Trinajstić information content (AvgIpc) is 2.53. The van der Waals surface area contributed by atoms with Crippen molar-refractivity contribution in [3.8, 4) is 11.5 Å². The Labute approximate surface area is 130 Å². The normalized spacial score (nSPS) is 12.0. The number of rotatable bonds is 6. The van der Waals surface area contributed by atoms with Crippen molar-refractivity contribution >= 4 is 11.6 Å². The van der Waals surface area contributed by atoms with Crippen LogP contribution in [-0.2, 0) is 0 Å². The van der Waals surface area contributed by atoms with Gasteiger partial charge in [0, 0.05) is 24.0 Å². The van der Waals surface area contributed by atoms with Gasteiger partial charge in [0.05, 0.1) is 25.3 Å². The lowest BCUT2D eigenvalue weighted by atomic mass is 9.98. The van der Waals surface area contributed by atoms with Crippen LogP contribution in [0.5, 0.6) is 11.5 Å². The van der Waals surface area contributed by atoms with E-state index in [0.29, 0.717) is 5.02 Å². The maximum Gasteiger partial charge on any atom is 0.127 e. The first-order valence-electron chi connectivity index (χ1n) is 6.76. The number of ether oxygens (including phenoxy) is 2. The van der Waals surface area contributed by atoms with E-state index >= 15 is 0 Å². The molecule has 21 heavy (non-hydrogen) atoms. The van der Waals surface area contributed by atoms with Crippen LogP contribution >= 0.6 is 11.6 Å². The lowest BCUT2D eigenvalue weighted by Gasteiger charge is -2.22. The fraction of sp³-hybridized carbons (Fsp3) is 0.312. The van der Waals surface area contributed by atoms with E-state index in [4.69, 9.17) is 21.1 Å². The zero-order valence-corrected chi connectivity index (χ0v) is 13.1. The molecule has 0 saturated carbocycles. The van der Waals surface area contributed by atoms with Crippen molar-refractivity contribution in [1.82, 2.24) is 10.3 Å². The van der Waals surface area contributed by atoms with Crippen molar-refractivity contribution in [1.29, 1.82) is 0 Å². The Morgan fingerprint density at radius 3 is 2.62 bits per heavy atom. The number of methoxy groups -OCH3 is 2. The minimum atomic E-state index is -0.0636. The van der Waals surface area contributed by atoms with Crippen LogP contribution in [0.4, 0.5) is 0 Å². The maximum absolute atomic E-state index is 6.29. The molecule has 0 fully saturated rings. The highest BCUT2D eigenvalue weighted by Crippen LogP contribution is 2.35. The molecule has 1 heterocycles. The van der Waals surface area contributed by atoms with Crippen molar-refractivity contribution in [3.63, 3.8) is 0 Å². The number of nitrogens with zero attached hydrogens (tertiary/aromatic N) is 1. The molecule has 2 rings (SSSR count). The van der Waals surface area contributed by atoms with Crippen LogP contribution in [0.15, 0.2) is 36.7 Å².